The van der Waals surface area contributed by atoms with Gasteiger partial charge in [-0.25, -0.2) is 0 Å². The van der Waals surface area contributed by atoms with Gasteiger partial charge in [0.05, 0.1) is 6.61 Å². The molecule has 0 aliphatic rings. The molecule has 0 aliphatic heterocycles. The Hall–Kier alpha value is -0.340. The van der Waals surface area contributed by atoms with Crippen LogP contribution in [0.15, 0.2) is 0 Å². The molecule has 6 N–H and O–H groups in total. The Labute approximate surface area is 124 Å². The molecule has 0 aromatic carbocycles. The van der Waals surface area contributed by atoms with Gasteiger partial charge in [-0.3, -0.25) is 4.18 Å². The minimum atomic E-state index is -4.80. The molecule has 128 valence electrons. The Balaban J connectivity index is 5.98. The van der Waals surface area contributed by atoms with E-state index in [2.05, 4.69) is 10.2 Å². The molecule has 0 saturated carbocycles. The van der Waals surface area contributed by atoms with Gasteiger partial charge in [0.25, 0.3) is 10.1 Å². The number of aliphatic hydroxyl groups excluding tert-OH is 2. The van der Waals surface area contributed by atoms with Gasteiger partial charge in [-0.15, -0.1) is 0 Å². The fourth-order valence-electron chi connectivity index (χ4n) is 1.81. The number of hydrogen-bond acceptors (Lipinski definition) is 10. The van der Waals surface area contributed by atoms with Gasteiger partial charge in [-0.1, -0.05) is 6.92 Å². The van der Waals surface area contributed by atoms with Crippen molar-refractivity contribution in [1.82, 2.24) is 0 Å². The fraction of sp³-hybridized carbons (Fsp3) is 1.00. The number of nitrogens with two attached hydrogens (primary N) is 2. The Kier molecular flexibility index (Phi) is 8.20. The van der Waals surface area contributed by atoms with Crippen LogP contribution in [0.3, 0.4) is 0 Å². The van der Waals surface area contributed by atoms with Gasteiger partial charge in [0.2, 0.25) is 5.44 Å². The molecule has 0 rings (SSSR count). The molecule has 0 saturated heterocycles. The molecule has 0 fully saturated rings. The molecule has 0 aromatic rings. The molecule has 0 heterocycles. The quantitative estimate of drug-likeness (QED) is 0.235. The zero-order chi connectivity index (χ0) is 16.7. The van der Waals surface area contributed by atoms with Crippen LogP contribution in [0.1, 0.15) is 26.2 Å². The van der Waals surface area contributed by atoms with Crippen molar-refractivity contribution in [3.63, 3.8) is 0 Å². The maximum absolute atomic E-state index is 12.3. The lowest BCUT2D eigenvalue weighted by molar-refractivity contribution is 0.132. The van der Waals surface area contributed by atoms with Crippen molar-refractivity contribution in [1.29, 1.82) is 0 Å². The summed E-state index contributed by atoms with van der Waals surface area (Å²) in [4.78, 5) is 0. The van der Waals surface area contributed by atoms with Crippen molar-refractivity contribution < 1.29 is 35.5 Å². The molecule has 0 spiro atoms. The van der Waals surface area contributed by atoms with Crippen molar-refractivity contribution in [2.45, 2.75) is 36.4 Å². The average Bonchev–Trinajstić information content (AvgIpc) is 2.43. The van der Waals surface area contributed by atoms with E-state index in [9.17, 15) is 21.9 Å². The number of rotatable bonds is 11. The van der Waals surface area contributed by atoms with E-state index in [4.69, 9.17) is 15.0 Å². The smallest absolute Gasteiger partial charge is 0.311 e. The van der Waals surface area contributed by atoms with E-state index < -0.39 is 49.9 Å². The third-order valence-electron chi connectivity index (χ3n) is 2.90. The Morgan fingerprint density at radius 2 is 1.81 bits per heavy atom. The Morgan fingerprint density at radius 3 is 2.19 bits per heavy atom. The molecule has 0 radical (unpaired) electrons. The van der Waals surface area contributed by atoms with Gasteiger partial charge in [0.1, 0.15) is 4.75 Å². The van der Waals surface area contributed by atoms with Crippen molar-refractivity contribution in [3.05, 3.63) is 0 Å². The van der Waals surface area contributed by atoms with Crippen LogP contribution in [-0.4, -0.2) is 57.0 Å². The van der Waals surface area contributed by atoms with Gasteiger partial charge >= 0.3 is 10.1 Å². The summed E-state index contributed by atoms with van der Waals surface area (Å²) >= 11 is 0. The molecule has 2 atom stereocenters. The molecule has 10 nitrogen and oxygen atoms in total. The zero-order valence-electron chi connectivity index (χ0n) is 11.6. The molecule has 0 aromatic heterocycles. The number of hydrogen-bond donors (Lipinski definition) is 4. The van der Waals surface area contributed by atoms with Crippen molar-refractivity contribution in [2.75, 3.05) is 19.8 Å². The molecule has 0 aliphatic carbocycles. The second-order valence-electron chi connectivity index (χ2n) is 4.29. The van der Waals surface area contributed by atoms with Crippen LogP contribution in [0.5, 0.6) is 0 Å². The lowest BCUT2D eigenvalue weighted by Crippen LogP contribution is -2.55. The summed E-state index contributed by atoms with van der Waals surface area (Å²) in [6.45, 7) is 0.441. The van der Waals surface area contributed by atoms with E-state index in [1.54, 1.807) is 6.92 Å². The topological polar surface area (TPSA) is 179 Å². The third-order valence-corrected chi connectivity index (χ3v) is 6.42. The molecular formula is C9H22N2O8S2. The predicted molar refractivity (Wildman–Crippen MR) is 73.5 cm³/mol. The highest BCUT2D eigenvalue weighted by atomic mass is 32.2. The highest BCUT2D eigenvalue weighted by molar-refractivity contribution is 7.91. The first-order chi connectivity index (χ1) is 9.65. The van der Waals surface area contributed by atoms with Crippen LogP contribution in [0.25, 0.3) is 0 Å². The molecule has 0 amide bonds. The van der Waals surface area contributed by atoms with E-state index in [0.29, 0.717) is 6.42 Å². The highest BCUT2D eigenvalue weighted by Crippen LogP contribution is 2.34. The second kappa shape index (κ2) is 8.33. The van der Waals surface area contributed by atoms with E-state index >= 15 is 0 Å². The first kappa shape index (κ1) is 20.7. The van der Waals surface area contributed by atoms with Crippen LogP contribution in [-0.2, 0) is 28.7 Å². The van der Waals surface area contributed by atoms with Crippen LogP contribution in [0.2, 0.25) is 0 Å². The number of aliphatic hydroxyl groups is 2. The SMILES string of the molecule is CCCOS(=O)(=O)C(CCN)(CCO)C(O)S(=O)(=O)ON. The molecular weight excluding hydrogens is 328 g/mol. The normalized spacial score (nSPS) is 17.4. The lowest BCUT2D eigenvalue weighted by Gasteiger charge is -2.34. The van der Waals surface area contributed by atoms with E-state index in [1.807, 2.05) is 0 Å². The summed E-state index contributed by atoms with van der Waals surface area (Å²) in [5.74, 6) is 4.56. The molecule has 2 unspecified atom stereocenters. The van der Waals surface area contributed by atoms with Gasteiger partial charge in [-0.2, -0.15) is 27.0 Å². The highest BCUT2D eigenvalue weighted by Gasteiger charge is 2.55. The van der Waals surface area contributed by atoms with E-state index in [0.717, 1.165) is 0 Å². The van der Waals surface area contributed by atoms with E-state index in [-0.39, 0.29) is 13.2 Å². The second-order valence-corrected chi connectivity index (χ2v) is 7.88. The lowest BCUT2D eigenvalue weighted by atomic mass is 10.0. The summed E-state index contributed by atoms with van der Waals surface area (Å²) in [6, 6.07) is 0. The minimum absolute atomic E-state index is 0.212. The molecule has 21 heavy (non-hydrogen) atoms. The molecule has 12 heteroatoms. The summed E-state index contributed by atoms with van der Waals surface area (Å²) in [5.41, 5.74) is 2.76. The maximum atomic E-state index is 12.3. The third kappa shape index (κ3) is 4.56. The maximum Gasteiger partial charge on any atom is 0.311 e. The summed E-state index contributed by atoms with van der Waals surface area (Å²) in [6.07, 6.45) is -0.739. The minimum Gasteiger partial charge on any atom is -0.396 e. The van der Waals surface area contributed by atoms with E-state index in [1.165, 1.54) is 0 Å². The van der Waals surface area contributed by atoms with Crippen LogP contribution < -0.4 is 11.6 Å². The monoisotopic (exact) mass is 350 g/mol. The summed E-state index contributed by atoms with van der Waals surface area (Å²) in [7, 11) is -9.37. The Bertz CT molecular complexity index is 498. The van der Waals surface area contributed by atoms with Crippen LogP contribution in [0, 0.1) is 0 Å². The van der Waals surface area contributed by atoms with Gasteiger partial charge in [0.15, 0.2) is 0 Å². The standard InChI is InChI=1S/C9H22N2O8S2/c1-2-7-18-21(16,17)9(3-5-10,4-6-12)8(13)20(14,15)19-11/h8,12-13H,2-7,10-11H2,1H3. The first-order valence-corrected chi connectivity index (χ1v) is 9.03. The van der Waals surface area contributed by atoms with Crippen LogP contribution >= 0.6 is 0 Å². The van der Waals surface area contributed by atoms with Crippen molar-refractivity contribution >= 4 is 20.2 Å². The summed E-state index contributed by atoms with van der Waals surface area (Å²) in [5, 5.41) is 19.0. The Morgan fingerprint density at radius 1 is 1.24 bits per heavy atom. The molecule has 0 bridgehead atoms. The van der Waals surface area contributed by atoms with Crippen LogP contribution in [0.4, 0.5) is 0 Å². The summed E-state index contributed by atoms with van der Waals surface area (Å²) < 4.78 is 53.7. The predicted octanol–water partition coefficient (Wildman–Crippen LogP) is -2.25. The first-order valence-electron chi connectivity index (χ1n) is 6.15. The fourth-order valence-corrected chi connectivity index (χ4v) is 4.96. The van der Waals surface area contributed by atoms with Gasteiger partial charge in [0, 0.05) is 6.61 Å². The largest absolute Gasteiger partial charge is 0.396 e. The average molecular weight is 350 g/mol. The van der Waals surface area contributed by atoms with Crippen molar-refractivity contribution in [3.8, 4) is 0 Å². The van der Waals surface area contributed by atoms with Gasteiger partial charge < -0.3 is 15.9 Å². The zero-order valence-corrected chi connectivity index (χ0v) is 13.3. The van der Waals surface area contributed by atoms with Gasteiger partial charge in [-0.05, 0) is 25.8 Å². The van der Waals surface area contributed by atoms with Crippen molar-refractivity contribution in [2.24, 2.45) is 11.6 Å².